The van der Waals surface area contributed by atoms with E-state index in [1.165, 1.54) is 0 Å². The summed E-state index contributed by atoms with van der Waals surface area (Å²) in [6.45, 7) is 0. The number of benzene rings is 1. The summed E-state index contributed by atoms with van der Waals surface area (Å²) in [5, 5.41) is 6.92. The summed E-state index contributed by atoms with van der Waals surface area (Å²) >= 11 is 3.14. The van der Waals surface area contributed by atoms with E-state index in [-0.39, 0.29) is 0 Å². The van der Waals surface area contributed by atoms with Crippen LogP contribution in [0.4, 0.5) is 10.3 Å². The summed E-state index contributed by atoms with van der Waals surface area (Å²) in [5.74, 6) is 0.808. The minimum absolute atomic E-state index is 0.808. The van der Waals surface area contributed by atoms with Gasteiger partial charge in [-0.1, -0.05) is 11.3 Å². The Morgan fingerprint density at radius 2 is 2.09 bits per heavy atom. The van der Waals surface area contributed by atoms with Gasteiger partial charge in [0.25, 0.3) is 0 Å². The Balaban J connectivity index is 1.60. The van der Waals surface area contributed by atoms with Gasteiger partial charge in [0, 0.05) is 29.4 Å². The lowest BCUT2D eigenvalue weighted by molar-refractivity contribution is 0.415. The maximum Gasteiger partial charge on any atom is 0.190 e. The zero-order chi connectivity index (χ0) is 15.6. The minimum atomic E-state index is 0.808. The van der Waals surface area contributed by atoms with Gasteiger partial charge in [0.05, 0.1) is 23.0 Å². The highest BCUT2D eigenvalue weighted by molar-refractivity contribution is 7.22. The maximum absolute atomic E-state index is 5.23. The van der Waals surface area contributed by atoms with Crippen molar-refractivity contribution >= 4 is 43.2 Å². The summed E-state index contributed by atoms with van der Waals surface area (Å²) in [5.41, 5.74) is 2.83. The van der Waals surface area contributed by atoms with Crippen LogP contribution in [0, 0.1) is 0 Å². The number of methoxy groups -OCH3 is 1. The summed E-state index contributed by atoms with van der Waals surface area (Å²) in [4.78, 5) is 13.3. The van der Waals surface area contributed by atoms with E-state index in [2.05, 4.69) is 20.3 Å². The lowest BCUT2D eigenvalue weighted by Gasteiger charge is -1.96. The van der Waals surface area contributed by atoms with Gasteiger partial charge < -0.3 is 10.1 Å². The van der Waals surface area contributed by atoms with Crippen LogP contribution < -0.4 is 10.1 Å². The number of aromatic nitrogens is 3. The number of nitrogens with zero attached hydrogens (tertiary/aromatic N) is 3. The Morgan fingerprint density at radius 3 is 2.91 bits per heavy atom. The quantitative estimate of drug-likeness (QED) is 0.590. The number of anilines is 2. The van der Waals surface area contributed by atoms with Crippen LogP contribution in [-0.2, 0) is 0 Å². The fourth-order valence-electron chi connectivity index (χ4n) is 2.16. The molecule has 3 heterocycles. The molecule has 0 saturated heterocycles. The first-order valence-corrected chi connectivity index (χ1v) is 8.59. The van der Waals surface area contributed by atoms with E-state index in [1.807, 2.05) is 41.9 Å². The lowest BCUT2D eigenvalue weighted by Crippen LogP contribution is -1.88. The number of fused-ring (bicyclic) bond motifs is 1. The standard InChI is InChI=1S/C16H12N4OS2/c1-21-11-4-5-14-12(7-11)18-16(23-14)20-15-19-13(9-22-15)10-3-2-6-17-8-10/h2-9H,1H3,(H,18,19,20). The fourth-order valence-corrected chi connectivity index (χ4v) is 3.79. The molecule has 114 valence electrons. The highest BCUT2D eigenvalue weighted by atomic mass is 32.1. The van der Waals surface area contributed by atoms with Crippen molar-refractivity contribution in [2.45, 2.75) is 0 Å². The number of rotatable bonds is 4. The van der Waals surface area contributed by atoms with E-state index >= 15 is 0 Å². The molecular formula is C16H12N4OS2. The highest BCUT2D eigenvalue weighted by Crippen LogP contribution is 2.32. The van der Waals surface area contributed by atoms with Crippen LogP contribution in [0.1, 0.15) is 0 Å². The number of thiazole rings is 2. The van der Waals surface area contributed by atoms with Gasteiger partial charge in [-0.25, -0.2) is 9.97 Å². The molecule has 0 saturated carbocycles. The zero-order valence-electron chi connectivity index (χ0n) is 12.2. The van der Waals surface area contributed by atoms with Crippen LogP contribution in [0.15, 0.2) is 48.1 Å². The first-order valence-electron chi connectivity index (χ1n) is 6.89. The number of hydrogen-bond acceptors (Lipinski definition) is 7. The Hall–Kier alpha value is -2.51. The van der Waals surface area contributed by atoms with Crippen LogP contribution in [-0.4, -0.2) is 22.1 Å². The first kappa shape index (κ1) is 14.1. The molecule has 3 aromatic heterocycles. The fraction of sp³-hybridized carbons (Fsp3) is 0.0625. The molecule has 1 N–H and O–H groups in total. The largest absolute Gasteiger partial charge is 0.497 e. The van der Waals surface area contributed by atoms with E-state index in [0.29, 0.717) is 0 Å². The van der Waals surface area contributed by atoms with Crippen molar-refractivity contribution in [2.75, 3.05) is 12.4 Å². The first-order chi connectivity index (χ1) is 11.3. The van der Waals surface area contributed by atoms with Crippen molar-refractivity contribution < 1.29 is 4.74 Å². The van der Waals surface area contributed by atoms with E-state index in [9.17, 15) is 0 Å². The van der Waals surface area contributed by atoms with E-state index < -0.39 is 0 Å². The van der Waals surface area contributed by atoms with Crippen molar-refractivity contribution in [2.24, 2.45) is 0 Å². The van der Waals surface area contributed by atoms with Crippen LogP contribution in [0.3, 0.4) is 0 Å². The molecule has 0 aliphatic rings. The van der Waals surface area contributed by atoms with Gasteiger partial charge >= 0.3 is 0 Å². The topological polar surface area (TPSA) is 59.9 Å². The van der Waals surface area contributed by atoms with Crippen molar-refractivity contribution in [1.82, 2.24) is 15.0 Å². The molecule has 0 atom stereocenters. The van der Waals surface area contributed by atoms with Gasteiger partial charge in [-0.15, -0.1) is 11.3 Å². The van der Waals surface area contributed by atoms with Crippen molar-refractivity contribution in [1.29, 1.82) is 0 Å². The molecule has 1 aromatic carbocycles. The molecular weight excluding hydrogens is 328 g/mol. The second-order valence-electron chi connectivity index (χ2n) is 4.76. The summed E-state index contributed by atoms with van der Waals surface area (Å²) in [7, 11) is 1.65. The second-order valence-corrected chi connectivity index (χ2v) is 6.65. The van der Waals surface area contributed by atoms with Gasteiger partial charge in [0.15, 0.2) is 10.3 Å². The van der Waals surface area contributed by atoms with Gasteiger partial charge in [0.1, 0.15) is 5.75 Å². The predicted octanol–water partition coefficient (Wildman–Crippen LogP) is 4.57. The normalized spacial score (nSPS) is 10.8. The van der Waals surface area contributed by atoms with Gasteiger partial charge in [-0.2, -0.15) is 0 Å². The third-order valence-corrected chi connectivity index (χ3v) is 4.98. The van der Waals surface area contributed by atoms with E-state index in [4.69, 9.17) is 4.74 Å². The third kappa shape index (κ3) is 2.88. The monoisotopic (exact) mass is 340 g/mol. The number of hydrogen-bond donors (Lipinski definition) is 1. The zero-order valence-corrected chi connectivity index (χ0v) is 13.8. The maximum atomic E-state index is 5.23. The molecule has 0 bridgehead atoms. The van der Waals surface area contributed by atoms with Crippen LogP contribution in [0.25, 0.3) is 21.5 Å². The van der Waals surface area contributed by atoms with Crippen molar-refractivity contribution in [3.8, 4) is 17.0 Å². The molecule has 0 unspecified atom stereocenters. The molecule has 5 nitrogen and oxygen atoms in total. The Bertz CT molecular complexity index is 949. The summed E-state index contributed by atoms with van der Waals surface area (Å²) < 4.78 is 6.34. The van der Waals surface area contributed by atoms with Crippen molar-refractivity contribution in [3.63, 3.8) is 0 Å². The van der Waals surface area contributed by atoms with Gasteiger partial charge in [0.2, 0.25) is 0 Å². The molecule has 0 fully saturated rings. The molecule has 0 aliphatic heterocycles. The third-order valence-electron chi connectivity index (χ3n) is 3.27. The lowest BCUT2D eigenvalue weighted by atomic mass is 10.2. The number of ether oxygens (including phenoxy) is 1. The average Bonchev–Trinajstić information content (AvgIpc) is 3.21. The van der Waals surface area contributed by atoms with Crippen LogP contribution in [0.5, 0.6) is 5.75 Å². The van der Waals surface area contributed by atoms with Gasteiger partial charge in [-0.3, -0.25) is 4.98 Å². The van der Waals surface area contributed by atoms with Crippen LogP contribution in [0.2, 0.25) is 0 Å². The summed E-state index contributed by atoms with van der Waals surface area (Å²) in [6.07, 6.45) is 3.56. The highest BCUT2D eigenvalue weighted by Gasteiger charge is 2.09. The van der Waals surface area contributed by atoms with Crippen molar-refractivity contribution in [3.05, 3.63) is 48.1 Å². The predicted molar refractivity (Wildman–Crippen MR) is 94.8 cm³/mol. The average molecular weight is 340 g/mol. The van der Waals surface area contributed by atoms with E-state index in [0.717, 1.165) is 37.5 Å². The minimum Gasteiger partial charge on any atom is -0.497 e. The van der Waals surface area contributed by atoms with E-state index in [1.54, 1.807) is 36.0 Å². The molecule has 23 heavy (non-hydrogen) atoms. The molecule has 4 rings (SSSR count). The molecule has 0 aliphatic carbocycles. The Kier molecular flexibility index (Phi) is 3.64. The molecule has 0 amide bonds. The molecule has 4 aromatic rings. The smallest absolute Gasteiger partial charge is 0.190 e. The van der Waals surface area contributed by atoms with Gasteiger partial charge in [-0.05, 0) is 24.3 Å². The number of pyridine rings is 1. The summed E-state index contributed by atoms with van der Waals surface area (Å²) in [6, 6.07) is 9.78. The second kappa shape index (κ2) is 5.94. The SMILES string of the molecule is COc1ccc2sc(Nc3nc(-c4cccnc4)cs3)nc2c1. The molecule has 0 radical (unpaired) electrons. The number of nitrogens with one attached hydrogen (secondary N) is 1. The molecule has 0 spiro atoms. The van der Waals surface area contributed by atoms with Crippen LogP contribution >= 0.6 is 22.7 Å². The Labute approximate surface area is 140 Å². The molecule has 7 heteroatoms. The Morgan fingerprint density at radius 1 is 1.13 bits per heavy atom.